The third-order valence-electron chi connectivity index (χ3n) is 2.01. The van der Waals surface area contributed by atoms with Crippen LogP contribution in [0.15, 0.2) is 16.8 Å². The summed E-state index contributed by atoms with van der Waals surface area (Å²) in [4.78, 5) is 11.3. The summed E-state index contributed by atoms with van der Waals surface area (Å²) < 4.78 is 0. The van der Waals surface area contributed by atoms with Crippen molar-refractivity contribution >= 4 is 34.8 Å². The van der Waals surface area contributed by atoms with Crippen LogP contribution in [-0.2, 0) is 0 Å². The van der Waals surface area contributed by atoms with Crippen molar-refractivity contribution in [2.45, 2.75) is 6.10 Å². The van der Waals surface area contributed by atoms with Crippen LogP contribution in [0.3, 0.4) is 0 Å². The van der Waals surface area contributed by atoms with Crippen molar-refractivity contribution in [2.75, 3.05) is 17.6 Å². The summed E-state index contributed by atoms with van der Waals surface area (Å²) >= 11 is 7.15. The van der Waals surface area contributed by atoms with Crippen LogP contribution >= 0.6 is 22.9 Å². The number of rotatable bonds is 4. The first-order valence-electron chi connectivity index (χ1n) is 4.76. The molecule has 2 aromatic heterocycles. The van der Waals surface area contributed by atoms with Crippen molar-refractivity contribution in [3.05, 3.63) is 27.7 Å². The standard InChI is InChI=1S/C9H10ClN5OS/c10-7-13-8(11)15-9(14-7)12-3-6(16)5-1-2-17-4-5/h1-2,4,6,16H,3H2,(H3,11,12,13,14,15). The number of aliphatic hydroxyl groups excluding tert-OH is 1. The minimum atomic E-state index is -0.627. The number of nitrogens with zero attached hydrogens (tertiary/aromatic N) is 3. The van der Waals surface area contributed by atoms with Crippen molar-refractivity contribution in [1.29, 1.82) is 0 Å². The molecule has 0 radical (unpaired) electrons. The van der Waals surface area contributed by atoms with Gasteiger partial charge in [-0.25, -0.2) is 0 Å². The van der Waals surface area contributed by atoms with Crippen LogP contribution in [0.5, 0.6) is 0 Å². The minimum Gasteiger partial charge on any atom is -0.387 e. The van der Waals surface area contributed by atoms with E-state index in [-0.39, 0.29) is 23.7 Å². The van der Waals surface area contributed by atoms with E-state index in [1.165, 1.54) is 11.3 Å². The number of aromatic nitrogens is 3. The zero-order chi connectivity index (χ0) is 12.3. The molecule has 90 valence electrons. The Kier molecular flexibility index (Phi) is 3.72. The van der Waals surface area contributed by atoms with Gasteiger partial charge in [0.05, 0.1) is 6.10 Å². The SMILES string of the molecule is Nc1nc(Cl)nc(NCC(O)c2ccsc2)n1. The third kappa shape index (κ3) is 3.26. The molecule has 6 nitrogen and oxygen atoms in total. The summed E-state index contributed by atoms with van der Waals surface area (Å²) in [6.07, 6.45) is -0.627. The van der Waals surface area contributed by atoms with Crippen molar-refractivity contribution in [2.24, 2.45) is 0 Å². The van der Waals surface area contributed by atoms with Gasteiger partial charge in [0.1, 0.15) is 0 Å². The van der Waals surface area contributed by atoms with E-state index in [0.29, 0.717) is 0 Å². The molecule has 4 N–H and O–H groups in total. The van der Waals surface area contributed by atoms with E-state index in [1.807, 2.05) is 16.8 Å². The van der Waals surface area contributed by atoms with Crippen LogP contribution in [0, 0.1) is 0 Å². The molecule has 0 fully saturated rings. The highest BCUT2D eigenvalue weighted by molar-refractivity contribution is 7.07. The average molecular weight is 272 g/mol. The van der Waals surface area contributed by atoms with Gasteiger partial charge in [-0.2, -0.15) is 26.3 Å². The molecule has 8 heteroatoms. The van der Waals surface area contributed by atoms with Gasteiger partial charge in [0.2, 0.25) is 17.2 Å². The van der Waals surface area contributed by atoms with E-state index in [1.54, 1.807) is 0 Å². The Hall–Kier alpha value is -1.44. The molecule has 2 rings (SSSR count). The van der Waals surface area contributed by atoms with E-state index in [2.05, 4.69) is 20.3 Å². The predicted molar refractivity (Wildman–Crippen MR) is 67.0 cm³/mol. The van der Waals surface area contributed by atoms with Crippen LogP contribution in [0.25, 0.3) is 0 Å². The molecular weight excluding hydrogens is 262 g/mol. The number of hydrogen-bond acceptors (Lipinski definition) is 7. The van der Waals surface area contributed by atoms with Gasteiger partial charge in [-0.05, 0) is 34.0 Å². The van der Waals surface area contributed by atoms with Crippen LogP contribution in [-0.4, -0.2) is 26.6 Å². The Balaban J connectivity index is 1.98. The first-order chi connectivity index (χ1) is 8.15. The van der Waals surface area contributed by atoms with Gasteiger partial charge in [0.15, 0.2) is 0 Å². The Morgan fingerprint density at radius 3 is 2.94 bits per heavy atom. The Morgan fingerprint density at radius 1 is 1.47 bits per heavy atom. The zero-order valence-corrected chi connectivity index (χ0v) is 10.2. The van der Waals surface area contributed by atoms with Crippen molar-refractivity contribution in [1.82, 2.24) is 15.0 Å². The molecule has 17 heavy (non-hydrogen) atoms. The average Bonchev–Trinajstić information content (AvgIpc) is 2.78. The van der Waals surface area contributed by atoms with Crippen molar-refractivity contribution < 1.29 is 5.11 Å². The molecule has 0 saturated heterocycles. The van der Waals surface area contributed by atoms with E-state index in [9.17, 15) is 5.11 Å². The molecule has 2 aromatic rings. The van der Waals surface area contributed by atoms with Gasteiger partial charge in [-0.1, -0.05) is 0 Å². The molecule has 1 unspecified atom stereocenters. The number of nitrogens with one attached hydrogen (secondary N) is 1. The smallest absolute Gasteiger partial charge is 0.228 e. The fraction of sp³-hybridized carbons (Fsp3) is 0.222. The van der Waals surface area contributed by atoms with Gasteiger partial charge >= 0.3 is 0 Å². The van der Waals surface area contributed by atoms with E-state index < -0.39 is 6.10 Å². The summed E-state index contributed by atoms with van der Waals surface area (Å²) in [7, 11) is 0. The zero-order valence-electron chi connectivity index (χ0n) is 8.67. The monoisotopic (exact) mass is 271 g/mol. The van der Waals surface area contributed by atoms with Gasteiger partial charge in [-0.15, -0.1) is 0 Å². The first kappa shape index (κ1) is 12.0. The molecule has 0 aliphatic heterocycles. The van der Waals surface area contributed by atoms with E-state index in [0.717, 1.165) is 5.56 Å². The highest BCUT2D eigenvalue weighted by Gasteiger charge is 2.09. The number of nitrogen functional groups attached to an aromatic ring is 1. The molecule has 0 bridgehead atoms. The Morgan fingerprint density at radius 2 is 2.29 bits per heavy atom. The number of anilines is 2. The highest BCUT2D eigenvalue weighted by Crippen LogP contribution is 2.16. The van der Waals surface area contributed by atoms with Crippen LogP contribution in [0.1, 0.15) is 11.7 Å². The highest BCUT2D eigenvalue weighted by atomic mass is 35.5. The lowest BCUT2D eigenvalue weighted by atomic mass is 10.2. The number of thiophene rings is 1. The molecule has 2 heterocycles. The largest absolute Gasteiger partial charge is 0.387 e. The van der Waals surface area contributed by atoms with Crippen molar-refractivity contribution in [3.8, 4) is 0 Å². The predicted octanol–water partition coefficient (Wildman–Crippen LogP) is 1.31. The molecular formula is C9H10ClN5OS. The lowest BCUT2D eigenvalue weighted by Gasteiger charge is -2.10. The first-order valence-corrected chi connectivity index (χ1v) is 6.08. The summed E-state index contributed by atoms with van der Waals surface area (Å²) in [6.45, 7) is 0.274. The lowest BCUT2D eigenvalue weighted by molar-refractivity contribution is 0.192. The molecule has 0 saturated carbocycles. The second-order valence-electron chi connectivity index (χ2n) is 3.24. The Bertz CT molecular complexity index is 472. The summed E-state index contributed by atoms with van der Waals surface area (Å²) in [6, 6.07) is 1.85. The molecule has 0 aliphatic carbocycles. The number of nitrogens with two attached hydrogens (primary N) is 1. The molecule has 0 aliphatic rings. The number of aliphatic hydroxyl groups is 1. The quantitative estimate of drug-likeness (QED) is 0.776. The molecule has 0 aromatic carbocycles. The minimum absolute atomic E-state index is 0.0185. The Labute approximate surface area is 107 Å². The lowest BCUT2D eigenvalue weighted by Crippen LogP contribution is -2.14. The molecule has 0 spiro atoms. The molecule has 0 amide bonds. The second kappa shape index (κ2) is 5.26. The topological polar surface area (TPSA) is 97.0 Å². The maximum Gasteiger partial charge on any atom is 0.228 e. The third-order valence-corrected chi connectivity index (χ3v) is 2.88. The van der Waals surface area contributed by atoms with Gasteiger partial charge in [0.25, 0.3) is 0 Å². The summed E-state index contributed by atoms with van der Waals surface area (Å²) in [5.74, 6) is 0.286. The normalized spacial score (nSPS) is 12.4. The van der Waals surface area contributed by atoms with Crippen molar-refractivity contribution in [3.63, 3.8) is 0 Å². The van der Waals surface area contributed by atoms with E-state index in [4.69, 9.17) is 17.3 Å². The van der Waals surface area contributed by atoms with Gasteiger partial charge in [0, 0.05) is 6.54 Å². The summed E-state index contributed by atoms with van der Waals surface area (Å²) in [5.41, 5.74) is 6.26. The number of halogens is 1. The van der Waals surface area contributed by atoms with Gasteiger partial charge < -0.3 is 16.2 Å². The molecule has 1 atom stereocenters. The maximum atomic E-state index is 9.82. The maximum absolute atomic E-state index is 9.82. The van der Waals surface area contributed by atoms with Gasteiger partial charge in [-0.3, -0.25) is 0 Å². The number of hydrogen-bond donors (Lipinski definition) is 3. The second-order valence-corrected chi connectivity index (χ2v) is 4.36. The van der Waals surface area contributed by atoms with Crippen LogP contribution in [0.2, 0.25) is 5.28 Å². The van der Waals surface area contributed by atoms with Crippen LogP contribution < -0.4 is 11.1 Å². The van der Waals surface area contributed by atoms with E-state index >= 15 is 0 Å². The fourth-order valence-electron chi connectivity index (χ4n) is 1.21. The van der Waals surface area contributed by atoms with Crippen LogP contribution in [0.4, 0.5) is 11.9 Å². The fourth-order valence-corrected chi connectivity index (χ4v) is 2.09. The summed E-state index contributed by atoms with van der Waals surface area (Å²) in [5, 5.41) is 16.5.